The summed E-state index contributed by atoms with van der Waals surface area (Å²) in [6.45, 7) is 1.06. The summed E-state index contributed by atoms with van der Waals surface area (Å²) in [5, 5.41) is 7.96. The molecule has 1 N–H and O–H groups in total. The number of carbonyl (C=O) groups excluding carboxylic acids is 1. The number of methoxy groups -OCH3 is 1. The quantitative estimate of drug-likeness (QED) is 0.805. The number of nitrogens with one attached hydrogen (secondary N) is 1. The Morgan fingerprint density at radius 3 is 3.21 bits per heavy atom. The van der Waals surface area contributed by atoms with Crippen LogP contribution in [0.3, 0.4) is 0 Å². The van der Waals surface area contributed by atoms with Crippen LogP contribution < -0.4 is 5.32 Å². The van der Waals surface area contributed by atoms with E-state index < -0.39 is 0 Å². The molecule has 78 valence electrons. The van der Waals surface area contributed by atoms with Crippen molar-refractivity contribution in [2.45, 2.75) is 4.83 Å². The molecular formula is C7H10BrN3O2S. The first-order chi connectivity index (χ1) is 6.74. The van der Waals surface area contributed by atoms with Gasteiger partial charge in [0.25, 0.3) is 5.91 Å². The van der Waals surface area contributed by atoms with Gasteiger partial charge in [0.2, 0.25) is 0 Å². The summed E-state index contributed by atoms with van der Waals surface area (Å²) >= 11 is 4.51. The first kappa shape index (κ1) is 11.5. The van der Waals surface area contributed by atoms with Crippen LogP contribution in [0.25, 0.3) is 0 Å². The van der Waals surface area contributed by atoms with E-state index >= 15 is 0 Å². The van der Waals surface area contributed by atoms with Crippen molar-refractivity contribution in [3.8, 4) is 0 Å². The Kier molecular flexibility index (Phi) is 4.99. The summed E-state index contributed by atoms with van der Waals surface area (Å²) in [6.07, 6.45) is 0. The molecule has 1 atom stereocenters. The molecule has 0 aliphatic rings. The van der Waals surface area contributed by atoms with Gasteiger partial charge in [-0.05, 0) is 11.5 Å². The van der Waals surface area contributed by atoms with Gasteiger partial charge >= 0.3 is 0 Å². The zero-order valence-electron chi connectivity index (χ0n) is 7.57. The number of hydrogen-bond acceptors (Lipinski definition) is 5. The minimum absolute atomic E-state index is 0.114. The Morgan fingerprint density at radius 1 is 1.86 bits per heavy atom. The predicted molar refractivity (Wildman–Crippen MR) is 56.8 cm³/mol. The van der Waals surface area contributed by atoms with Crippen LogP contribution in [0.2, 0.25) is 0 Å². The molecule has 1 aromatic rings. The normalized spacial score (nSPS) is 12.4. The first-order valence-electron chi connectivity index (χ1n) is 3.92. The fraction of sp³-hybridized carbons (Fsp3) is 0.571. The van der Waals surface area contributed by atoms with E-state index in [0.29, 0.717) is 18.8 Å². The van der Waals surface area contributed by atoms with Crippen molar-refractivity contribution in [3.63, 3.8) is 0 Å². The molecule has 0 aromatic carbocycles. The van der Waals surface area contributed by atoms with Crippen molar-refractivity contribution >= 4 is 33.4 Å². The van der Waals surface area contributed by atoms with Crippen LogP contribution in [0.5, 0.6) is 0 Å². The molecule has 1 unspecified atom stereocenters. The van der Waals surface area contributed by atoms with Crippen molar-refractivity contribution < 1.29 is 9.53 Å². The summed E-state index contributed by atoms with van der Waals surface area (Å²) < 4.78 is 8.50. The van der Waals surface area contributed by atoms with Gasteiger partial charge in [-0.3, -0.25) is 4.79 Å². The largest absolute Gasteiger partial charge is 0.383 e. The van der Waals surface area contributed by atoms with Gasteiger partial charge in [-0.2, -0.15) is 0 Å². The van der Waals surface area contributed by atoms with Crippen LogP contribution in [0, 0.1) is 0 Å². The summed E-state index contributed by atoms with van der Waals surface area (Å²) in [5.41, 5.74) is 0.354. The molecule has 1 aromatic heterocycles. The Labute approximate surface area is 94.1 Å². The summed E-state index contributed by atoms with van der Waals surface area (Å²) in [7, 11) is 1.61. The van der Waals surface area contributed by atoms with Crippen LogP contribution in [0.15, 0.2) is 5.38 Å². The number of carbonyl (C=O) groups is 1. The molecule has 5 nitrogen and oxygen atoms in total. The average Bonchev–Trinajstić information content (AvgIpc) is 2.67. The van der Waals surface area contributed by atoms with Gasteiger partial charge in [0, 0.05) is 19.0 Å². The molecule has 0 aliphatic heterocycles. The third kappa shape index (κ3) is 3.69. The number of amides is 1. The molecule has 0 saturated heterocycles. The number of hydrogen-bond donors (Lipinski definition) is 1. The van der Waals surface area contributed by atoms with Crippen LogP contribution in [-0.2, 0) is 4.74 Å². The maximum Gasteiger partial charge on any atom is 0.272 e. The Hall–Kier alpha value is -0.530. The fourth-order valence-electron chi connectivity index (χ4n) is 0.797. The SMILES string of the molecule is COCC(Br)CNC(=O)c1csnn1. The standard InChI is InChI=1S/C7H10BrN3O2S/c1-13-3-5(8)2-9-7(12)6-4-14-11-10-6/h4-5H,2-3H2,1H3,(H,9,12). The second kappa shape index (κ2) is 6.05. The Bertz CT molecular complexity index is 280. The van der Waals surface area contributed by atoms with E-state index in [0.717, 1.165) is 11.5 Å². The second-order valence-corrected chi connectivity index (χ2v) is 4.46. The number of halogens is 1. The molecule has 0 spiro atoms. The minimum atomic E-state index is -0.209. The average molecular weight is 280 g/mol. The molecule has 0 bridgehead atoms. The number of alkyl halides is 1. The number of rotatable bonds is 5. The molecule has 0 radical (unpaired) electrons. The highest BCUT2D eigenvalue weighted by Crippen LogP contribution is 2.00. The van der Waals surface area contributed by atoms with Gasteiger partial charge in [0.05, 0.1) is 11.4 Å². The third-order valence-corrected chi connectivity index (χ3v) is 2.52. The lowest BCUT2D eigenvalue weighted by atomic mass is 10.4. The van der Waals surface area contributed by atoms with Gasteiger partial charge in [0.15, 0.2) is 5.69 Å². The number of aromatic nitrogens is 2. The molecule has 1 amide bonds. The Balaban J connectivity index is 2.28. The fourth-order valence-corrected chi connectivity index (χ4v) is 1.66. The predicted octanol–water partition coefficient (Wildman–Crippen LogP) is 0.678. The minimum Gasteiger partial charge on any atom is -0.383 e. The van der Waals surface area contributed by atoms with Gasteiger partial charge in [-0.25, -0.2) is 0 Å². The summed E-state index contributed by atoms with van der Waals surface area (Å²) in [5.74, 6) is -0.209. The maximum absolute atomic E-state index is 11.3. The molecule has 7 heteroatoms. The zero-order valence-corrected chi connectivity index (χ0v) is 9.97. The highest BCUT2D eigenvalue weighted by atomic mass is 79.9. The molecule has 0 saturated carbocycles. The van der Waals surface area contributed by atoms with Crippen LogP contribution >= 0.6 is 27.5 Å². The van der Waals surface area contributed by atoms with Crippen LogP contribution in [0.1, 0.15) is 10.5 Å². The van der Waals surface area contributed by atoms with Crippen molar-refractivity contribution in [1.29, 1.82) is 0 Å². The third-order valence-electron chi connectivity index (χ3n) is 1.42. The van der Waals surface area contributed by atoms with Gasteiger partial charge in [-0.15, -0.1) is 5.10 Å². The first-order valence-corrected chi connectivity index (χ1v) is 5.67. The van der Waals surface area contributed by atoms with E-state index in [9.17, 15) is 4.79 Å². The summed E-state index contributed by atoms with van der Waals surface area (Å²) in [6, 6.07) is 0. The van der Waals surface area contributed by atoms with E-state index in [4.69, 9.17) is 4.74 Å². The van der Waals surface area contributed by atoms with Crippen LogP contribution in [-0.4, -0.2) is 40.6 Å². The van der Waals surface area contributed by atoms with Crippen molar-refractivity contribution in [3.05, 3.63) is 11.1 Å². The van der Waals surface area contributed by atoms with E-state index in [1.54, 1.807) is 12.5 Å². The maximum atomic E-state index is 11.3. The molecule has 1 rings (SSSR count). The lowest BCUT2D eigenvalue weighted by molar-refractivity contribution is 0.0945. The molecule has 0 fully saturated rings. The topological polar surface area (TPSA) is 64.1 Å². The van der Waals surface area contributed by atoms with Gasteiger partial charge < -0.3 is 10.1 Å². The van der Waals surface area contributed by atoms with Gasteiger partial charge in [-0.1, -0.05) is 20.4 Å². The highest BCUT2D eigenvalue weighted by molar-refractivity contribution is 9.09. The van der Waals surface area contributed by atoms with E-state index in [2.05, 4.69) is 30.8 Å². The number of ether oxygens (including phenoxy) is 1. The second-order valence-electron chi connectivity index (χ2n) is 2.55. The Morgan fingerprint density at radius 2 is 2.64 bits per heavy atom. The monoisotopic (exact) mass is 279 g/mol. The van der Waals surface area contributed by atoms with Crippen molar-refractivity contribution in [1.82, 2.24) is 14.9 Å². The zero-order chi connectivity index (χ0) is 10.4. The van der Waals surface area contributed by atoms with Crippen molar-refractivity contribution in [2.24, 2.45) is 0 Å². The van der Waals surface area contributed by atoms with E-state index in [-0.39, 0.29) is 10.7 Å². The van der Waals surface area contributed by atoms with Gasteiger partial charge in [0.1, 0.15) is 0 Å². The molecule has 14 heavy (non-hydrogen) atoms. The highest BCUT2D eigenvalue weighted by Gasteiger charge is 2.10. The lowest BCUT2D eigenvalue weighted by Crippen LogP contribution is -2.31. The molecule has 0 aliphatic carbocycles. The van der Waals surface area contributed by atoms with Crippen LogP contribution in [0.4, 0.5) is 0 Å². The lowest BCUT2D eigenvalue weighted by Gasteiger charge is -2.08. The van der Waals surface area contributed by atoms with E-state index in [1.165, 1.54) is 0 Å². The molecule has 1 heterocycles. The van der Waals surface area contributed by atoms with E-state index in [1.807, 2.05) is 0 Å². The van der Waals surface area contributed by atoms with Crippen molar-refractivity contribution in [2.75, 3.05) is 20.3 Å². The number of nitrogens with zero attached hydrogens (tertiary/aromatic N) is 2. The summed E-state index contributed by atoms with van der Waals surface area (Å²) in [4.78, 5) is 11.5. The molecular weight excluding hydrogens is 270 g/mol. The smallest absolute Gasteiger partial charge is 0.272 e.